The Labute approximate surface area is 119 Å². The third-order valence-corrected chi connectivity index (χ3v) is 2.84. The van der Waals surface area contributed by atoms with Crippen molar-refractivity contribution < 1.29 is 19.4 Å². The molecule has 0 fully saturated rings. The van der Waals surface area contributed by atoms with Crippen LogP contribution < -0.4 is 15.4 Å². The number of hydrogen-bond acceptors (Lipinski definition) is 5. The summed E-state index contributed by atoms with van der Waals surface area (Å²) < 4.78 is 10.4. The van der Waals surface area contributed by atoms with Crippen molar-refractivity contribution in [2.45, 2.75) is 12.6 Å². The van der Waals surface area contributed by atoms with Crippen molar-refractivity contribution in [3.05, 3.63) is 29.8 Å². The van der Waals surface area contributed by atoms with E-state index in [9.17, 15) is 4.79 Å². The lowest BCUT2D eigenvalue weighted by atomic mass is 10.2. The van der Waals surface area contributed by atoms with Crippen molar-refractivity contribution in [3.8, 4) is 5.75 Å². The number of hydrogen-bond donors (Lipinski definition) is 3. The maximum Gasteiger partial charge on any atom is 0.323 e. The van der Waals surface area contributed by atoms with Gasteiger partial charge in [-0.3, -0.25) is 4.79 Å². The van der Waals surface area contributed by atoms with Gasteiger partial charge in [0.2, 0.25) is 0 Å². The molecule has 0 radical (unpaired) electrons. The minimum absolute atomic E-state index is 0.163. The molecule has 6 nitrogen and oxygen atoms in total. The first-order valence-electron chi connectivity index (χ1n) is 6.49. The first-order chi connectivity index (χ1) is 9.67. The SMILES string of the molecule is CN[C@H](COCCNCc1ccc(OC)cc1)C(=O)O. The van der Waals surface area contributed by atoms with Crippen molar-refractivity contribution in [3.63, 3.8) is 0 Å². The number of ether oxygens (including phenoxy) is 2. The molecule has 0 aliphatic rings. The van der Waals surface area contributed by atoms with Crippen LogP contribution in [-0.2, 0) is 16.1 Å². The maximum absolute atomic E-state index is 10.7. The van der Waals surface area contributed by atoms with Crippen molar-refractivity contribution >= 4 is 5.97 Å². The normalized spacial score (nSPS) is 12.1. The van der Waals surface area contributed by atoms with E-state index in [0.29, 0.717) is 13.2 Å². The Hall–Kier alpha value is -1.63. The molecule has 112 valence electrons. The number of rotatable bonds is 10. The van der Waals surface area contributed by atoms with E-state index < -0.39 is 12.0 Å². The standard InChI is InChI=1S/C14H22N2O4/c1-15-13(14(17)18)10-20-8-7-16-9-11-3-5-12(19-2)6-4-11/h3-6,13,15-16H,7-10H2,1-2H3,(H,17,18)/t13-/m1/s1. The number of carbonyl (C=O) groups is 1. The average Bonchev–Trinajstić information content (AvgIpc) is 2.46. The summed E-state index contributed by atoms with van der Waals surface area (Å²) in [5.41, 5.74) is 1.16. The summed E-state index contributed by atoms with van der Waals surface area (Å²) >= 11 is 0. The molecule has 20 heavy (non-hydrogen) atoms. The number of carboxylic acid groups (broad SMARTS) is 1. The number of nitrogens with one attached hydrogen (secondary N) is 2. The first-order valence-corrected chi connectivity index (χ1v) is 6.49. The third-order valence-electron chi connectivity index (χ3n) is 2.84. The highest BCUT2D eigenvalue weighted by Gasteiger charge is 2.13. The number of likely N-dealkylation sites (N-methyl/N-ethyl adjacent to an activating group) is 1. The molecule has 0 saturated heterocycles. The van der Waals surface area contributed by atoms with Crippen LogP contribution in [0.25, 0.3) is 0 Å². The van der Waals surface area contributed by atoms with Gasteiger partial charge in [-0.05, 0) is 24.7 Å². The molecular weight excluding hydrogens is 260 g/mol. The van der Waals surface area contributed by atoms with Crippen LogP contribution in [0.15, 0.2) is 24.3 Å². The Kier molecular flexibility index (Phi) is 7.64. The summed E-state index contributed by atoms with van der Waals surface area (Å²) in [6.45, 7) is 2.04. The Bertz CT molecular complexity index is 395. The van der Waals surface area contributed by atoms with Crippen molar-refractivity contribution in [2.75, 3.05) is 33.9 Å². The molecule has 0 unspecified atom stereocenters. The molecule has 0 aromatic heterocycles. The van der Waals surface area contributed by atoms with E-state index in [1.54, 1.807) is 14.2 Å². The number of aliphatic carboxylic acids is 1. The van der Waals surface area contributed by atoms with Gasteiger partial charge in [-0.2, -0.15) is 0 Å². The van der Waals surface area contributed by atoms with Gasteiger partial charge in [-0.1, -0.05) is 12.1 Å². The molecule has 3 N–H and O–H groups in total. The van der Waals surface area contributed by atoms with E-state index in [2.05, 4.69) is 10.6 Å². The average molecular weight is 282 g/mol. The molecule has 0 saturated carbocycles. The second kappa shape index (κ2) is 9.30. The molecule has 6 heteroatoms. The number of benzene rings is 1. The predicted molar refractivity (Wildman–Crippen MR) is 76.0 cm³/mol. The highest BCUT2D eigenvalue weighted by Crippen LogP contribution is 2.10. The second-order valence-corrected chi connectivity index (χ2v) is 4.28. The van der Waals surface area contributed by atoms with Gasteiger partial charge in [-0.15, -0.1) is 0 Å². The quantitative estimate of drug-likeness (QED) is 0.542. The molecule has 0 heterocycles. The zero-order chi connectivity index (χ0) is 14.8. The van der Waals surface area contributed by atoms with Crippen LogP contribution >= 0.6 is 0 Å². The summed E-state index contributed by atoms with van der Waals surface area (Å²) in [7, 11) is 3.24. The lowest BCUT2D eigenvalue weighted by Gasteiger charge is -2.12. The third kappa shape index (κ3) is 6.01. The summed E-state index contributed by atoms with van der Waals surface area (Å²) in [5, 5.41) is 14.7. The molecule has 0 aliphatic carbocycles. The van der Waals surface area contributed by atoms with Gasteiger partial charge in [0.05, 0.1) is 20.3 Å². The summed E-state index contributed by atoms with van der Waals surface area (Å²) in [6.07, 6.45) is 0. The van der Waals surface area contributed by atoms with Crippen LogP contribution in [0.1, 0.15) is 5.56 Å². The zero-order valence-electron chi connectivity index (χ0n) is 11.9. The van der Waals surface area contributed by atoms with Crippen molar-refractivity contribution in [1.82, 2.24) is 10.6 Å². The first kappa shape index (κ1) is 16.4. The molecule has 0 spiro atoms. The molecular formula is C14H22N2O4. The minimum Gasteiger partial charge on any atom is -0.497 e. The summed E-state index contributed by atoms with van der Waals surface area (Å²) in [5.74, 6) is -0.0671. The van der Waals surface area contributed by atoms with E-state index in [1.807, 2.05) is 24.3 Å². The van der Waals surface area contributed by atoms with Gasteiger partial charge >= 0.3 is 5.97 Å². The molecule has 1 aromatic rings. The predicted octanol–water partition coefficient (Wildman–Crippen LogP) is 0.474. The fraction of sp³-hybridized carbons (Fsp3) is 0.500. The van der Waals surface area contributed by atoms with Gasteiger partial charge in [-0.25, -0.2) is 0 Å². The number of carboxylic acids is 1. The van der Waals surface area contributed by atoms with Crippen molar-refractivity contribution in [2.24, 2.45) is 0 Å². The molecule has 1 aromatic carbocycles. The van der Waals surface area contributed by atoms with E-state index in [-0.39, 0.29) is 6.61 Å². The Morgan fingerprint density at radius 2 is 2.05 bits per heavy atom. The monoisotopic (exact) mass is 282 g/mol. The van der Waals surface area contributed by atoms with Crippen LogP contribution in [0.3, 0.4) is 0 Å². The Morgan fingerprint density at radius 3 is 2.60 bits per heavy atom. The van der Waals surface area contributed by atoms with Crippen molar-refractivity contribution in [1.29, 1.82) is 0 Å². The Balaban J connectivity index is 2.11. The lowest BCUT2D eigenvalue weighted by Crippen LogP contribution is -2.38. The molecule has 0 amide bonds. The minimum atomic E-state index is -0.904. The molecule has 0 bridgehead atoms. The second-order valence-electron chi connectivity index (χ2n) is 4.28. The van der Waals surface area contributed by atoms with E-state index in [1.165, 1.54) is 0 Å². The van der Waals surface area contributed by atoms with E-state index in [4.69, 9.17) is 14.6 Å². The molecule has 0 aliphatic heterocycles. The largest absolute Gasteiger partial charge is 0.497 e. The Morgan fingerprint density at radius 1 is 1.35 bits per heavy atom. The fourth-order valence-electron chi connectivity index (χ4n) is 1.60. The topological polar surface area (TPSA) is 79.8 Å². The van der Waals surface area contributed by atoms with Crippen LogP contribution in [0.5, 0.6) is 5.75 Å². The van der Waals surface area contributed by atoms with Gasteiger partial charge in [0.25, 0.3) is 0 Å². The lowest BCUT2D eigenvalue weighted by molar-refractivity contribution is -0.140. The van der Waals surface area contributed by atoms with Crippen LogP contribution in [0.2, 0.25) is 0 Å². The maximum atomic E-state index is 10.7. The van der Waals surface area contributed by atoms with Gasteiger partial charge in [0, 0.05) is 13.1 Å². The fourth-order valence-corrected chi connectivity index (χ4v) is 1.60. The summed E-state index contributed by atoms with van der Waals surface area (Å²) in [4.78, 5) is 10.7. The van der Waals surface area contributed by atoms with Crippen LogP contribution in [0, 0.1) is 0 Å². The smallest absolute Gasteiger partial charge is 0.323 e. The number of methoxy groups -OCH3 is 1. The van der Waals surface area contributed by atoms with Crippen LogP contribution in [-0.4, -0.2) is 51.0 Å². The zero-order valence-corrected chi connectivity index (χ0v) is 11.9. The van der Waals surface area contributed by atoms with E-state index >= 15 is 0 Å². The summed E-state index contributed by atoms with van der Waals surface area (Å²) in [6, 6.07) is 7.16. The molecule has 1 atom stereocenters. The highest BCUT2D eigenvalue weighted by molar-refractivity contribution is 5.73. The van der Waals surface area contributed by atoms with Gasteiger partial charge in [0.1, 0.15) is 11.8 Å². The molecule has 1 rings (SSSR count). The van der Waals surface area contributed by atoms with Crippen LogP contribution in [0.4, 0.5) is 0 Å². The van der Waals surface area contributed by atoms with Gasteiger partial charge < -0.3 is 25.2 Å². The van der Waals surface area contributed by atoms with E-state index in [0.717, 1.165) is 17.9 Å². The van der Waals surface area contributed by atoms with Gasteiger partial charge in [0.15, 0.2) is 0 Å². The highest BCUT2D eigenvalue weighted by atomic mass is 16.5.